The van der Waals surface area contributed by atoms with Crippen LogP contribution >= 0.6 is 12.2 Å². The number of hydrogen-bond acceptors (Lipinski definition) is 4. The molecule has 0 aliphatic carbocycles. The number of hydrogen-bond donors (Lipinski definition) is 2. The Balaban J connectivity index is 1.63. The van der Waals surface area contributed by atoms with Gasteiger partial charge in [-0.3, -0.25) is 4.98 Å². The van der Waals surface area contributed by atoms with Crippen LogP contribution in [0.3, 0.4) is 0 Å². The second-order valence-corrected chi connectivity index (χ2v) is 7.51. The SMILES string of the molecule is Oc1ccccc1N1C(=S)N[C@H](c2ccccn2)[C@@H]1c1cccn1Cc1ccco1. The molecule has 1 fully saturated rings. The Morgan fingerprint density at radius 1 is 1.03 bits per heavy atom. The lowest BCUT2D eigenvalue weighted by molar-refractivity contribution is 0.465. The molecule has 0 bridgehead atoms. The van der Waals surface area contributed by atoms with Crippen molar-refractivity contribution in [1.29, 1.82) is 0 Å². The van der Waals surface area contributed by atoms with Crippen molar-refractivity contribution < 1.29 is 9.52 Å². The summed E-state index contributed by atoms with van der Waals surface area (Å²) < 4.78 is 7.70. The molecule has 150 valence electrons. The number of aromatic hydroxyl groups is 1. The molecule has 1 saturated heterocycles. The monoisotopic (exact) mass is 416 g/mol. The van der Waals surface area contributed by atoms with E-state index in [1.54, 1.807) is 24.6 Å². The van der Waals surface area contributed by atoms with Crippen molar-refractivity contribution in [2.24, 2.45) is 0 Å². The summed E-state index contributed by atoms with van der Waals surface area (Å²) in [6, 6.07) is 20.6. The first kappa shape index (κ1) is 18.4. The fourth-order valence-electron chi connectivity index (χ4n) is 3.99. The maximum atomic E-state index is 10.6. The van der Waals surface area contributed by atoms with Crippen LogP contribution in [-0.4, -0.2) is 19.8 Å². The van der Waals surface area contributed by atoms with Crippen molar-refractivity contribution in [2.75, 3.05) is 4.90 Å². The topological polar surface area (TPSA) is 66.5 Å². The Morgan fingerprint density at radius 2 is 1.90 bits per heavy atom. The van der Waals surface area contributed by atoms with Crippen molar-refractivity contribution in [3.63, 3.8) is 0 Å². The molecular formula is C23H20N4O2S. The third-order valence-corrected chi connectivity index (χ3v) is 5.63. The molecule has 2 atom stereocenters. The van der Waals surface area contributed by atoms with Gasteiger partial charge in [0.2, 0.25) is 0 Å². The number of nitrogens with one attached hydrogen (secondary N) is 1. The lowest BCUT2D eigenvalue weighted by Crippen LogP contribution is -2.30. The molecule has 6 nitrogen and oxygen atoms in total. The number of nitrogens with zero attached hydrogens (tertiary/aromatic N) is 3. The van der Waals surface area contributed by atoms with Crippen LogP contribution in [0.5, 0.6) is 5.75 Å². The van der Waals surface area contributed by atoms with Crippen LogP contribution < -0.4 is 10.2 Å². The van der Waals surface area contributed by atoms with Crippen molar-refractivity contribution in [3.8, 4) is 5.75 Å². The van der Waals surface area contributed by atoms with Crippen LogP contribution in [0.2, 0.25) is 0 Å². The number of para-hydroxylation sites is 2. The zero-order valence-electron chi connectivity index (χ0n) is 16.1. The zero-order valence-corrected chi connectivity index (χ0v) is 16.9. The van der Waals surface area contributed by atoms with E-state index in [0.29, 0.717) is 17.3 Å². The van der Waals surface area contributed by atoms with E-state index in [0.717, 1.165) is 17.1 Å². The van der Waals surface area contributed by atoms with Crippen molar-refractivity contribution in [1.82, 2.24) is 14.9 Å². The molecule has 0 unspecified atom stereocenters. The molecule has 5 rings (SSSR count). The highest BCUT2D eigenvalue weighted by atomic mass is 32.1. The van der Waals surface area contributed by atoms with E-state index in [2.05, 4.69) is 20.9 Å². The minimum absolute atomic E-state index is 0.177. The van der Waals surface area contributed by atoms with Gasteiger partial charge < -0.3 is 24.3 Å². The maximum Gasteiger partial charge on any atom is 0.174 e. The van der Waals surface area contributed by atoms with Gasteiger partial charge in [0.25, 0.3) is 0 Å². The summed E-state index contributed by atoms with van der Waals surface area (Å²) in [4.78, 5) is 6.54. The highest BCUT2D eigenvalue weighted by Gasteiger charge is 2.42. The van der Waals surface area contributed by atoms with Crippen molar-refractivity contribution in [3.05, 3.63) is 103 Å². The van der Waals surface area contributed by atoms with E-state index in [1.165, 1.54) is 0 Å². The predicted octanol–water partition coefficient (Wildman–Crippen LogP) is 4.41. The Labute approximate surface area is 179 Å². The van der Waals surface area contributed by atoms with Crippen LogP contribution in [0.1, 0.15) is 29.2 Å². The number of thiocarbonyl (C=S) groups is 1. The van der Waals surface area contributed by atoms with Gasteiger partial charge in [0.15, 0.2) is 5.11 Å². The smallest absolute Gasteiger partial charge is 0.174 e. The molecule has 0 amide bonds. The van der Waals surface area contributed by atoms with E-state index in [4.69, 9.17) is 16.6 Å². The molecule has 1 aromatic carbocycles. The quantitative estimate of drug-likeness (QED) is 0.470. The molecule has 3 aromatic heterocycles. The van der Waals surface area contributed by atoms with Crippen molar-refractivity contribution >= 4 is 23.0 Å². The third-order valence-electron chi connectivity index (χ3n) is 5.31. The van der Waals surface area contributed by atoms with E-state index >= 15 is 0 Å². The summed E-state index contributed by atoms with van der Waals surface area (Å²) in [6.45, 7) is 0.599. The van der Waals surface area contributed by atoms with Gasteiger partial charge in [-0.2, -0.15) is 0 Å². The summed E-state index contributed by atoms with van der Waals surface area (Å²) in [5.41, 5.74) is 2.58. The molecule has 0 saturated carbocycles. The second-order valence-electron chi connectivity index (χ2n) is 7.13. The van der Waals surface area contributed by atoms with Gasteiger partial charge in [0.1, 0.15) is 17.6 Å². The van der Waals surface area contributed by atoms with Crippen LogP contribution in [-0.2, 0) is 6.54 Å². The van der Waals surface area contributed by atoms with E-state index in [9.17, 15) is 5.11 Å². The van der Waals surface area contributed by atoms with Gasteiger partial charge in [-0.05, 0) is 60.7 Å². The number of phenols is 1. The van der Waals surface area contributed by atoms with Crippen LogP contribution in [0.25, 0.3) is 0 Å². The van der Waals surface area contributed by atoms with E-state index < -0.39 is 0 Å². The maximum absolute atomic E-state index is 10.6. The summed E-state index contributed by atoms with van der Waals surface area (Å²) in [7, 11) is 0. The predicted molar refractivity (Wildman–Crippen MR) is 118 cm³/mol. The third kappa shape index (κ3) is 3.23. The average Bonchev–Trinajstić information content (AvgIpc) is 3.50. The lowest BCUT2D eigenvalue weighted by Gasteiger charge is -2.29. The highest BCUT2D eigenvalue weighted by molar-refractivity contribution is 7.80. The molecular weight excluding hydrogens is 396 g/mol. The van der Waals surface area contributed by atoms with Gasteiger partial charge in [-0.1, -0.05) is 18.2 Å². The Bertz CT molecular complexity index is 1160. The van der Waals surface area contributed by atoms with Gasteiger partial charge in [0, 0.05) is 18.1 Å². The molecule has 0 spiro atoms. The van der Waals surface area contributed by atoms with E-state index in [1.807, 2.05) is 59.6 Å². The first-order chi connectivity index (χ1) is 14.7. The minimum atomic E-state index is -0.203. The van der Waals surface area contributed by atoms with Crippen LogP contribution in [0.15, 0.2) is 89.8 Å². The first-order valence-corrected chi connectivity index (χ1v) is 10.1. The molecule has 0 radical (unpaired) electrons. The van der Waals surface area contributed by atoms with Gasteiger partial charge >= 0.3 is 0 Å². The molecule has 1 aliphatic rings. The van der Waals surface area contributed by atoms with Gasteiger partial charge in [-0.25, -0.2) is 0 Å². The molecule has 30 heavy (non-hydrogen) atoms. The number of benzene rings is 1. The summed E-state index contributed by atoms with van der Waals surface area (Å²) in [5, 5.41) is 14.5. The summed E-state index contributed by atoms with van der Waals surface area (Å²) >= 11 is 5.72. The average molecular weight is 417 g/mol. The second kappa shape index (κ2) is 7.68. The van der Waals surface area contributed by atoms with Crippen LogP contribution in [0, 0.1) is 0 Å². The summed E-state index contributed by atoms with van der Waals surface area (Å²) in [5.74, 6) is 1.04. The Kier molecular flexibility index (Phi) is 4.72. The number of phenolic OH excluding ortho intramolecular Hbond substituents is 1. The number of furan rings is 1. The number of aromatic nitrogens is 2. The normalized spacial score (nSPS) is 18.5. The first-order valence-electron chi connectivity index (χ1n) is 9.68. The zero-order chi connectivity index (χ0) is 20.5. The number of rotatable bonds is 5. The van der Waals surface area contributed by atoms with Crippen LogP contribution in [0.4, 0.5) is 5.69 Å². The fraction of sp³-hybridized carbons (Fsp3) is 0.130. The molecule has 4 aromatic rings. The van der Waals surface area contributed by atoms with E-state index in [-0.39, 0.29) is 17.8 Å². The van der Waals surface area contributed by atoms with Crippen molar-refractivity contribution in [2.45, 2.75) is 18.6 Å². The highest BCUT2D eigenvalue weighted by Crippen LogP contribution is 2.44. The van der Waals surface area contributed by atoms with Gasteiger partial charge in [0.05, 0.1) is 30.2 Å². The number of pyridine rings is 1. The Hall–Kier alpha value is -3.58. The molecule has 4 heterocycles. The molecule has 2 N–H and O–H groups in total. The fourth-order valence-corrected chi connectivity index (χ4v) is 4.33. The number of anilines is 1. The standard InChI is InChI=1S/C23H20N4O2S/c28-20-11-2-1-9-18(20)27-22(21(25-23(27)30)17-8-3-4-12-24-17)19-10-5-13-26(19)15-16-7-6-14-29-16/h1-14,21-22,28H,15H2,(H,25,30)/t21-,22+/m1/s1. The van der Waals surface area contributed by atoms with Gasteiger partial charge in [-0.15, -0.1) is 0 Å². The lowest BCUT2D eigenvalue weighted by atomic mass is 10.0. The summed E-state index contributed by atoms with van der Waals surface area (Å²) in [6.07, 6.45) is 5.48. The minimum Gasteiger partial charge on any atom is -0.506 e. The molecule has 7 heteroatoms. The largest absolute Gasteiger partial charge is 0.506 e. The Morgan fingerprint density at radius 3 is 2.67 bits per heavy atom. The molecule has 1 aliphatic heterocycles.